The molecule has 2 atom stereocenters. The van der Waals surface area contributed by atoms with Gasteiger partial charge >= 0.3 is 0 Å². The van der Waals surface area contributed by atoms with E-state index in [4.69, 9.17) is 0 Å². The monoisotopic (exact) mass is 281 g/mol. The zero-order valence-electron chi connectivity index (χ0n) is 11.4. The van der Waals surface area contributed by atoms with Gasteiger partial charge in [0.1, 0.15) is 5.75 Å². The molecule has 0 aliphatic rings. The van der Waals surface area contributed by atoms with Crippen molar-refractivity contribution < 1.29 is 13.8 Å². The number of benzene rings is 1. The second kappa shape index (κ2) is 7.19. The second-order valence-corrected chi connectivity index (χ2v) is 6.01. The Morgan fingerprint density at radius 1 is 1.26 bits per heavy atom. The molecule has 1 amide bonds. The molecule has 1 aromatic carbocycles. The van der Waals surface area contributed by atoms with Gasteiger partial charge in [-0.05, 0) is 18.9 Å². The molecule has 0 radical (unpaired) electrons. The minimum Gasteiger partial charge on any atom is -0.358 e. The molecule has 1 rings (SSSR count). The highest BCUT2D eigenvalue weighted by Crippen LogP contribution is 2.11. The molecule has 0 fully saturated rings. The quantitative estimate of drug-likeness (QED) is 0.800. The molecule has 1 aromatic rings. The van der Waals surface area contributed by atoms with Crippen LogP contribution in [0.15, 0.2) is 24.3 Å². The lowest BCUT2D eigenvalue weighted by Gasteiger charge is -2.10. The number of carbonyl (C=O) groups excluding carboxylic acids is 2. The number of ketones is 1. The van der Waals surface area contributed by atoms with Gasteiger partial charge in [0, 0.05) is 23.4 Å². The van der Waals surface area contributed by atoms with Crippen LogP contribution in [0.2, 0.25) is 0 Å². The van der Waals surface area contributed by atoms with Crippen LogP contribution in [0.4, 0.5) is 0 Å². The summed E-state index contributed by atoms with van der Waals surface area (Å²) in [5, 5.41) is 1.73. The Morgan fingerprint density at radius 2 is 1.84 bits per heavy atom. The highest BCUT2D eigenvalue weighted by molar-refractivity contribution is 7.87. The molecule has 0 saturated carbocycles. The van der Waals surface area contributed by atoms with E-state index in [9.17, 15) is 13.8 Å². The van der Waals surface area contributed by atoms with Crippen LogP contribution in [0.1, 0.15) is 29.8 Å². The first-order chi connectivity index (χ1) is 8.99. The largest absolute Gasteiger partial charge is 0.358 e. The summed E-state index contributed by atoms with van der Waals surface area (Å²) in [6.45, 7) is 3.63. The first-order valence-electron chi connectivity index (χ1n) is 6.20. The fourth-order valence-electron chi connectivity index (χ4n) is 1.59. The zero-order chi connectivity index (χ0) is 14.4. The highest BCUT2D eigenvalue weighted by Gasteiger charge is 2.22. The van der Waals surface area contributed by atoms with Crippen LogP contribution in [0.5, 0.6) is 0 Å². The molecular weight excluding hydrogens is 262 g/mol. The average molecular weight is 281 g/mol. The number of rotatable bonds is 6. The molecular formula is C14H19NO3S. The van der Waals surface area contributed by atoms with E-state index in [0.29, 0.717) is 5.56 Å². The Morgan fingerprint density at radius 3 is 2.32 bits per heavy atom. The maximum Gasteiger partial charge on any atom is 0.232 e. The Labute approximate surface area is 116 Å². The van der Waals surface area contributed by atoms with Gasteiger partial charge in [-0.25, -0.2) is 0 Å². The summed E-state index contributed by atoms with van der Waals surface area (Å²) in [7, 11) is -0.0124. The molecule has 0 heterocycles. The first-order valence-corrected chi connectivity index (χ1v) is 7.58. The van der Waals surface area contributed by atoms with E-state index < -0.39 is 16.0 Å². The van der Waals surface area contributed by atoms with E-state index in [1.54, 1.807) is 19.1 Å². The van der Waals surface area contributed by atoms with Gasteiger partial charge in [0.05, 0.1) is 5.25 Å². The van der Waals surface area contributed by atoms with Crippen molar-refractivity contribution >= 4 is 22.5 Å². The van der Waals surface area contributed by atoms with Gasteiger partial charge in [0.15, 0.2) is 5.78 Å². The van der Waals surface area contributed by atoms with Gasteiger partial charge in [-0.1, -0.05) is 31.2 Å². The molecule has 4 nitrogen and oxygen atoms in total. The van der Waals surface area contributed by atoms with Crippen LogP contribution in [0.25, 0.3) is 0 Å². The number of nitrogens with one attached hydrogen (secondary N) is 1. The van der Waals surface area contributed by atoms with Crippen molar-refractivity contribution in [2.45, 2.75) is 25.5 Å². The summed E-state index contributed by atoms with van der Waals surface area (Å²) in [6.07, 6.45) is 0.909. The van der Waals surface area contributed by atoms with Crippen molar-refractivity contribution in [2.24, 2.45) is 0 Å². The molecule has 104 valence electrons. The third-order valence-electron chi connectivity index (χ3n) is 2.96. The van der Waals surface area contributed by atoms with E-state index in [-0.39, 0.29) is 17.4 Å². The summed E-state index contributed by atoms with van der Waals surface area (Å²) >= 11 is 0. The van der Waals surface area contributed by atoms with Crippen molar-refractivity contribution in [3.8, 4) is 0 Å². The first kappa shape index (κ1) is 15.6. The van der Waals surface area contributed by atoms with Crippen LogP contribution in [-0.2, 0) is 22.0 Å². The highest BCUT2D eigenvalue weighted by atomic mass is 32.2. The number of hydrogen-bond acceptors (Lipinski definition) is 3. The molecule has 0 aromatic heterocycles. The van der Waals surface area contributed by atoms with E-state index in [1.807, 2.05) is 19.1 Å². The van der Waals surface area contributed by atoms with Crippen LogP contribution in [0.3, 0.4) is 0 Å². The number of carbonyl (C=O) groups is 2. The van der Waals surface area contributed by atoms with Gasteiger partial charge in [0.2, 0.25) is 5.91 Å². The van der Waals surface area contributed by atoms with E-state index >= 15 is 0 Å². The Bertz CT molecular complexity index is 482. The molecule has 5 heteroatoms. The lowest BCUT2D eigenvalue weighted by molar-refractivity contribution is -0.118. The second-order valence-electron chi connectivity index (χ2n) is 4.26. The van der Waals surface area contributed by atoms with Gasteiger partial charge in [0.25, 0.3) is 0 Å². The number of Topliss-reactive ketones (excluding diaryl/α,β-unsaturated/α-hetero) is 1. The van der Waals surface area contributed by atoms with Gasteiger partial charge < -0.3 is 5.32 Å². The summed E-state index contributed by atoms with van der Waals surface area (Å²) in [5.41, 5.74) is 1.69. The predicted molar refractivity (Wildman–Crippen MR) is 76.7 cm³/mol. The molecule has 1 N–H and O–H groups in total. The molecule has 19 heavy (non-hydrogen) atoms. The van der Waals surface area contributed by atoms with Gasteiger partial charge in [-0.3, -0.25) is 13.8 Å². The van der Waals surface area contributed by atoms with Crippen molar-refractivity contribution in [3.63, 3.8) is 0 Å². The fraction of sp³-hybridized carbons (Fsp3) is 0.429. The molecule has 0 spiro atoms. The summed E-state index contributed by atoms with van der Waals surface area (Å²) in [5.74, 6) is -0.652. The van der Waals surface area contributed by atoms with Crippen LogP contribution >= 0.6 is 0 Å². The van der Waals surface area contributed by atoms with E-state index in [0.717, 1.165) is 12.0 Å². The maximum absolute atomic E-state index is 12.1. The smallest absolute Gasteiger partial charge is 0.232 e. The SMILES string of the molecule is CCc1ccc(C(=O)C(C)S(=O)CC(=O)NC)cc1. The molecule has 0 bridgehead atoms. The number of aryl methyl sites for hydroxylation is 1. The predicted octanol–water partition coefficient (Wildman–Crippen LogP) is 1.31. The molecule has 2 unspecified atom stereocenters. The minimum absolute atomic E-state index is 0.142. The molecule has 0 aliphatic heterocycles. The topological polar surface area (TPSA) is 63.2 Å². The molecule has 0 aliphatic carbocycles. The van der Waals surface area contributed by atoms with Crippen molar-refractivity contribution in [1.29, 1.82) is 0 Å². The fourth-order valence-corrected chi connectivity index (χ4v) is 2.61. The number of hydrogen-bond donors (Lipinski definition) is 1. The Hall–Kier alpha value is -1.49. The van der Waals surface area contributed by atoms with E-state index in [1.165, 1.54) is 7.05 Å². The van der Waals surface area contributed by atoms with Crippen LogP contribution in [0, 0.1) is 0 Å². The summed E-state index contributed by atoms with van der Waals surface area (Å²) in [6, 6.07) is 7.27. The maximum atomic E-state index is 12.1. The average Bonchev–Trinajstić information content (AvgIpc) is 2.45. The zero-order valence-corrected chi connectivity index (χ0v) is 12.3. The number of amides is 1. The third-order valence-corrected chi connectivity index (χ3v) is 4.51. The summed E-state index contributed by atoms with van der Waals surface area (Å²) < 4.78 is 11.9. The van der Waals surface area contributed by atoms with Crippen molar-refractivity contribution in [1.82, 2.24) is 5.32 Å². The van der Waals surface area contributed by atoms with Crippen LogP contribution in [-0.4, -0.2) is 33.9 Å². The van der Waals surface area contributed by atoms with Crippen LogP contribution < -0.4 is 5.32 Å². The minimum atomic E-state index is -1.49. The Balaban J connectivity index is 2.75. The standard InChI is InChI=1S/C14H19NO3S/c1-4-11-5-7-12(8-6-11)14(17)10(2)19(18)9-13(16)15-3/h5-8,10H,4,9H2,1-3H3,(H,15,16). The van der Waals surface area contributed by atoms with Crippen molar-refractivity contribution in [2.75, 3.05) is 12.8 Å². The lowest BCUT2D eigenvalue weighted by atomic mass is 10.1. The summed E-state index contributed by atoms with van der Waals surface area (Å²) in [4.78, 5) is 23.3. The lowest BCUT2D eigenvalue weighted by Crippen LogP contribution is -2.31. The van der Waals surface area contributed by atoms with Crippen molar-refractivity contribution in [3.05, 3.63) is 35.4 Å². The van der Waals surface area contributed by atoms with Gasteiger partial charge in [-0.15, -0.1) is 0 Å². The third kappa shape index (κ3) is 4.28. The van der Waals surface area contributed by atoms with E-state index in [2.05, 4.69) is 5.32 Å². The Kier molecular flexibility index (Phi) is 5.89. The molecule has 0 saturated heterocycles. The van der Waals surface area contributed by atoms with Gasteiger partial charge in [-0.2, -0.15) is 0 Å². The normalized spacial score (nSPS) is 13.6.